The third-order valence-corrected chi connectivity index (χ3v) is 5.94. The molecule has 0 radical (unpaired) electrons. The number of nitrogens with zero attached hydrogens (tertiary/aromatic N) is 1. The summed E-state index contributed by atoms with van der Waals surface area (Å²) in [4.78, 5) is 22.8. The van der Waals surface area contributed by atoms with Crippen molar-refractivity contribution in [2.75, 3.05) is 21.2 Å². The van der Waals surface area contributed by atoms with Gasteiger partial charge >= 0.3 is 5.97 Å². The Labute approximate surface area is 114 Å². The SMILES string of the molecule is COC(=O)CC(=O)C1CCC(S(=O)(=O)N(C)C)CC1. The molecule has 0 atom stereocenters. The summed E-state index contributed by atoms with van der Waals surface area (Å²) in [5.74, 6) is -0.895. The minimum atomic E-state index is -3.25. The Balaban J connectivity index is 2.54. The Morgan fingerprint density at radius 1 is 1.16 bits per heavy atom. The van der Waals surface area contributed by atoms with Gasteiger partial charge in [0.2, 0.25) is 10.0 Å². The number of carbonyl (C=O) groups is 2. The Morgan fingerprint density at radius 3 is 2.11 bits per heavy atom. The molecule has 1 aliphatic rings. The number of ketones is 1. The number of sulfonamides is 1. The standard InChI is InChI=1S/C12H21NO5S/c1-13(2)19(16,17)10-6-4-9(5-7-10)11(14)8-12(15)18-3/h9-10H,4-8H2,1-3H3. The van der Waals surface area contributed by atoms with E-state index in [1.807, 2.05) is 0 Å². The number of ether oxygens (including phenoxy) is 1. The number of Topliss-reactive ketones (excluding diaryl/α,β-unsaturated/α-hetero) is 1. The maximum atomic E-state index is 12.0. The van der Waals surface area contributed by atoms with E-state index in [0.717, 1.165) is 0 Å². The highest BCUT2D eigenvalue weighted by Gasteiger charge is 2.34. The highest BCUT2D eigenvalue weighted by molar-refractivity contribution is 7.89. The summed E-state index contributed by atoms with van der Waals surface area (Å²) < 4.78 is 29.6. The maximum Gasteiger partial charge on any atom is 0.313 e. The van der Waals surface area contributed by atoms with E-state index in [2.05, 4.69) is 4.74 Å². The van der Waals surface area contributed by atoms with Crippen LogP contribution in [0, 0.1) is 5.92 Å². The third kappa shape index (κ3) is 4.01. The van der Waals surface area contributed by atoms with Crippen molar-refractivity contribution in [3.05, 3.63) is 0 Å². The van der Waals surface area contributed by atoms with E-state index in [0.29, 0.717) is 25.7 Å². The lowest BCUT2D eigenvalue weighted by molar-refractivity contribution is -0.144. The van der Waals surface area contributed by atoms with Crippen LogP contribution in [0.1, 0.15) is 32.1 Å². The second-order valence-electron chi connectivity index (χ2n) is 5.02. The smallest absolute Gasteiger partial charge is 0.313 e. The monoisotopic (exact) mass is 291 g/mol. The lowest BCUT2D eigenvalue weighted by Crippen LogP contribution is -2.37. The summed E-state index contributed by atoms with van der Waals surface area (Å²) in [6, 6.07) is 0. The van der Waals surface area contributed by atoms with Gasteiger partial charge < -0.3 is 4.74 Å². The second kappa shape index (κ2) is 6.47. The first-order valence-electron chi connectivity index (χ1n) is 6.30. The third-order valence-electron chi connectivity index (χ3n) is 3.61. The second-order valence-corrected chi connectivity index (χ2v) is 7.45. The average molecular weight is 291 g/mol. The van der Waals surface area contributed by atoms with Crippen molar-refractivity contribution in [3.8, 4) is 0 Å². The number of esters is 1. The van der Waals surface area contributed by atoms with Gasteiger partial charge in [-0.05, 0) is 25.7 Å². The number of hydrogen-bond donors (Lipinski definition) is 0. The Hall–Kier alpha value is -0.950. The molecule has 0 aromatic carbocycles. The molecule has 0 heterocycles. The molecule has 0 bridgehead atoms. The van der Waals surface area contributed by atoms with Crippen LogP contribution in [0.15, 0.2) is 0 Å². The molecular formula is C12H21NO5S. The first-order valence-corrected chi connectivity index (χ1v) is 7.80. The quantitative estimate of drug-likeness (QED) is 0.546. The van der Waals surface area contributed by atoms with Crippen LogP contribution in [0.2, 0.25) is 0 Å². The number of rotatable bonds is 5. The molecular weight excluding hydrogens is 270 g/mol. The summed E-state index contributed by atoms with van der Waals surface area (Å²) in [6.07, 6.45) is 1.77. The van der Waals surface area contributed by atoms with Crippen LogP contribution in [0.5, 0.6) is 0 Å². The van der Waals surface area contributed by atoms with Gasteiger partial charge in [-0.1, -0.05) is 0 Å². The van der Waals surface area contributed by atoms with E-state index in [1.165, 1.54) is 25.5 Å². The molecule has 0 unspecified atom stereocenters. The molecule has 7 heteroatoms. The molecule has 1 saturated carbocycles. The molecule has 19 heavy (non-hydrogen) atoms. The highest BCUT2D eigenvalue weighted by Crippen LogP contribution is 2.30. The summed E-state index contributed by atoms with van der Waals surface area (Å²) in [5, 5.41) is -0.412. The van der Waals surface area contributed by atoms with Gasteiger partial charge in [-0.2, -0.15) is 0 Å². The summed E-state index contributed by atoms with van der Waals surface area (Å²) in [6.45, 7) is 0. The Bertz CT molecular complexity index is 435. The molecule has 0 N–H and O–H groups in total. The normalized spacial score (nSPS) is 24.2. The molecule has 0 saturated heterocycles. The molecule has 0 amide bonds. The molecule has 1 fully saturated rings. The molecule has 0 aliphatic heterocycles. The molecule has 110 valence electrons. The minimum Gasteiger partial charge on any atom is -0.469 e. The maximum absolute atomic E-state index is 12.0. The Morgan fingerprint density at radius 2 is 1.68 bits per heavy atom. The lowest BCUT2D eigenvalue weighted by Gasteiger charge is -2.29. The predicted octanol–water partition coefficient (Wildman–Crippen LogP) is 0.569. The zero-order valence-electron chi connectivity index (χ0n) is 11.6. The van der Waals surface area contributed by atoms with Gasteiger partial charge in [0, 0.05) is 20.0 Å². The summed E-state index contributed by atoms with van der Waals surface area (Å²) in [5.41, 5.74) is 0. The molecule has 1 aliphatic carbocycles. The van der Waals surface area contributed by atoms with Crippen molar-refractivity contribution in [2.45, 2.75) is 37.4 Å². The number of hydrogen-bond acceptors (Lipinski definition) is 5. The van der Waals surface area contributed by atoms with Gasteiger partial charge in [0.05, 0.1) is 12.4 Å². The fourth-order valence-electron chi connectivity index (χ4n) is 2.34. The first kappa shape index (κ1) is 16.1. The Kier molecular flexibility index (Phi) is 5.49. The lowest BCUT2D eigenvalue weighted by atomic mass is 9.85. The van der Waals surface area contributed by atoms with Crippen LogP contribution in [0.4, 0.5) is 0 Å². The van der Waals surface area contributed by atoms with E-state index in [4.69, 9.17) is 0 Å². The van der Waals surface area contributed by atoms with Gasteiger partial charge in [-0.15, -0.1) is 0 Å². The van der Waals surface area contributed by atoms with Gasteiger partial charge in [0.1, 0.15) is 12.2 Å². The van der Waals surface area contributed by atoms with E-state index in [9.17, 15) is 18.0 Å². The van der Waals surface area contributed by atoms with Crippen molar-refractivity contribution in [1.82, 2.24) is 4.31 Å². The van der Waals surface area contributed by atoms with Crippen molar-refractivity contribution in [2.24, 2.45) is 5.92 Å². The molecule has 0 spiro atoms. The molecule has 1 rings (SSSR count). The molecule has 0 aromatic rings. The van der Waals surface area contributed by atoms with E-state index in [-0.39, 0.29) is 18.1 Å². The van der Waals surface area contributed by atoms with Gasteiger partial charge in [0.15, 0.2) is 0 Å². The predicted molar refractivity (Wildman–Crippen MR) is 70.0 cm³/mol. The van der Waals surface area contributed by atoms with E-state index >= 15 is 0 Å². The number of methoxy groups -OCH3 is 1. The van der Waals surface area contributed by atoms with Crippen LogP contribution in [-0.2, 0) is 24.3 Å². The first-order chi connectivity index (χ1) is 8.78. The van der Waals surface area contributed by atoms with Crippen molar-refractivity contribution < 1.29 is 22.7 Å². The van der Waals surface area contributed by atoms with Crippen molar-refractivity contribution in [1.29, 1.82) is 0 Å². The zero-order chi connectivity index (χ0) is 14.6. The van der Waals surface area contributed by atoms with Gasteiger partial charge in [-0.3, -0.25) is 9.59 Å². The van der Waals surface area contributed by atoms with Gasteiger partial charge in [0.25, 0.3) is 0 Å². The van der Waals surface area contributed by atoms with Crippen molar-refractivity contribution >= 4 is 21.8 Å². The fourth-order valence-corrected chi connectivity index (χ4v) is 3.80. The van der Waals surface area contributed by atoms with Crippen LogP contribution >= 0.6 is 0 Å². The minimum absolute atomic E-state index is 0.146. The van der Waals surface area contributed by atoms with Gasteiger partial charge in [-0.25, -0.2) is 12.7 Å². The van der Waals surface area contributed by atoms with Crippen LogP contribution < -0.4 is 0 Å². The number of carbonyl (C=O) groups excluding carboxylic acids is 2. The summed E-state index contributed by atoms with van der Waals surface area (Å²) in [7, 11) is 1.04. The van der Waals surface area contributed by atoms with Crippen LogP contribution in [-0.4, -0.2) is 50.9 Å². The fraction of sp³-hybridized carbons (Fsp3) is 0.833. The zero-order valence-corrected chi connectivity index (χ0v) is 12.4. The highest BCUT2D eigenvalue weighted by atomic mass is 32.2. The summed E-state index contributed by atoms with van der Waals surface area (Å²) >= 11 is 0. The van der Waals surface area contributed by atoms with Crippen molar-refractivity contribution in [3.63, 3.8) is 0 Å². The van der Waals surface area contributed by atoms with Crippen LogP contribution in [0.25, 0.3) is 0 Å². The largest absolute Gasteiger partial charge is 0.469 e. The van der Waals surface area contributed by atoms with E-state index < -0.39 is 21.2 Å². The molecule has 6 nitrogen and oxygen atoms in total. The topological polar surface area (TPSA) is 80.8 Å². The molecule has 0 aromatic heterocycles. The van der Waals surface area contributed by atoms with E-state index in [1.54, 1.807) is 0 Å². The van der Waals surface area contributed by atoms with Crippen LogP contribution in [0.3, 0.4) is 0 Å². The average Bonchev–Trinajstić information content (AvgIpc) is 2.38.